The molecule has 0 amide bonds. The van der Waals surface area contributed by atoms with Crippen molar-refractivity contribution < 1.29 is 5.11 Å². The molecule has 4 heteroatoms. The second-order valence-electron chi connectivity index (χ2n) is 6.44. The zero-order valence-electron chi connectivity index (χ0n) is 13.0. The number of aliphatic hydroxyl groups excluding tert-OH is 1. The summed E-state index contributed by atoms with van der Waals surface area (Å²) in [7, 11) is -1.30. The average Bonchev–Trinajstić information content (AvgIpc) is 2.41. The Morgan fingerprint density at radius 1 is 1.00 bits per heavy atom. The lowest BCUT2D eigenvalue weighted by Crippen LogP contribution is -2.37. The lowest BCUT2D eigenvalue weighted by atomic mass is 9.95. The van der Waals surface area contributed by atoms with Gasteiger partial charge < -0.3 is 16.6 Å². The Balaban J connectivity index is 2.51. The molecule has 0 aliphatic carbocycles. The van der Waals surface area contributed by atoms with Crippen LogP contribution >= 0.6 is 0 Å². The fraction of sp³-hybridized carbons (Fsp3) is 0.294. The predicted molar refractivity (Wildman–Crippen MR) is 94.5 cm³/mol. The van der Waals surface area contributed by atoms with E-state index in [2.05, 4.69) is 43.9 Å². The molecule has 5 N–H and O–H groups in total. The SMILES string of the molecule is C[Si](C)(C)c1ccc(-c2cc(N)cc(N)c2CCO)cc1. The van der Waals surface area contributed by atoms with E-state index in [0.717, 1.165) is 16.7 Å². The quantitative estimate of drug-likeness (QED) is 0.600. The van der Waals surface area contributed by atoms with Crippen LogP contribution in [0.15, 0.2) is 36.4 Å². The minimum atomic E-state index is -1.30. The van der Waals surface area contributed by atoms with Gasteiger partial charge in [-0.25, -0.2) is 0 Å². The third kappa shape index (κ3) is 3.46. The van der Waals surface area contributed by atoms with Crippen molar-refractivity contribution in [2.24, 2.45) is 0 Å². The van der Waals surface area contributed by atoms with E-state index in [4.69, 9.17) is 11.5 Å². The average molecular weight is 300 g/mol. The van der Waals surface area contributed by atoms with Gasteiger partial charge in [-0.3, -0.25) is 0 Å². The molecule has 0 saturated heterocycles. The molecule has 0 atom stereocenters. The van der Waals surface area contributed by atoms with Crippen LogP contribution in [0.1, 0.15) is 5.56 Å². The normalized spacial score (nSPS) is 11.6. The van der Waals surface area contributed by atoms with Crippen molar-refractivity contribution in [3.8, 4) is 11.1 Å². The van der Waals surface area contributed by atoms with Crippen LogP contribution in [0.3, 0.4) is 0 Å². The summed E-state index contributed by atoms with van der Waals surface area (Å²) in [4.78, 5) is 0. The highest BCUT2D eigenvalue weighted by Gasteiger charge is 2.16. The lowest BCUT2D eigenvalue weighted by molar-refractivity contribution is 0.300. The molecule has 21 heavy (non-hydrogen) atoms. The summed E-state index contributed by atoms with van der Waals surface area (Å²) in [5.41, 5.74) is 16.4. The maximum atomic E-state index is 9.25. The van der Waals surface area contributed by atoms with E-state index in [1.165, 1.54) is 5.19 Å². The summed E-state index contributed by atoms with van der Waals surface area (Å²) >= 11 is 0. The Kier molecular flexibility index (Phi) is 4.39. The molecular weight excluding hydrogens is 276 g/mol. The fourth-order valence-electron chi connectivity index (χ4n) is 2.52. The molecule has 0 saturated carbocycles. The smallest absolute Gasteiger partial charge is 0.0775 e. The highest BCUT2D eigenvalue weighted by atomic mass is 28.3. The third-order valence-corrected chi connectivity index (χ3v) is 5.80. The lowest BCUT2D eigenvalue weighted by Gasteiger charge is -2.18. The molecule has 0 aromatic heterocycles. The number of anilines is 2. The Morgan fingerprint density at radius 3 is 2.14 bits per heavy atom. The molecular formula is C17H24N2OSi. The monoisotopic (exact) mass is 300 g/mol. The Labute approximate surface area is 127 Å². The molecule has 0 fully saturated rings. The molecule has 2 rings (SSSR count). The summed E-state index contributed by atoms with van der Waals surface area (Å²) in [6.07, 6.45) is 0.539. The maximum absolute atomic E-state index is 9.25. The Morgan fingerprint density at radius 2 is 1.62 bits per heavy atom. The maximum Gasteiger partial charge on any atom is 0.0775 e. The van der Waals surface area contributed by atoms with Gasteiger partial charge in [0.05, 0.1) is 8.07 Å². The van der Waals surface area contributed by atoms with E-state index >= 15 is 0 Å². The van der Waals surface area contributed by atoms with E-state index in [9.17, 15) is 5.11 Å². The van der Waals surface area contributed by atoms with Crippen LogP contribution in [-0.2, 0) is 6.42 Å². The summed E-state index contributed by atoms with van der Waals surface area (Å²) in [6.45, 7) is 7.07. The van der Waals surface area contributed by atoms with Gasteiger partial charge in [-0.05, 0) is 35.2 Å². The molecule has 3 nitrogen and oxygen atoms in total. The molecule has 0 unspecified atom stereocenters. The van der Waals surface area contributed by atoms with Crippen molar-refractivity contribution in [1.29, 1.82) is 0 Å². The second-order valence-corrected chi connectivity index (χ2v) is 11.5. The number of hydrogen-bond donors (Lipinski definition) is 3. The minimum absolute atomic E-state index is 0.0775. The first-order chi connectivity index (χ1) is 9.82. The number of rotatable bonds is 4. The largest absolute Gasteiger partial charge is 0.399 e. The minimum Gasteiger partial charge on any atom is -0.399 e. The third-order valence-electron chi connectivity index (χ3n) is 3.73. The fourth-order valence-corrected chi connectivity index (χ4v) is 3.68. The highest BCUT2D eigenvalue weighted by molar-refractivity contribution is 6.88. The first-order valence-electron chi connectivity index (χ1n) is 7.22. The summed E-state index contributed by atoms with van der Waals surface area (Å²) < 4.78 is 0. The van der Waals surface area contributed by atoms with Gasteiger partial charge in [0.1, 0.15) is 0 Å². The van der Waals surface area contributed by atoms with Crippen LogP contribution in [0.2, 0.25) is 19.6 Å². The van der Waals surface area contributed by atoms with Gasteiger partial charge in [-0.2, -0.15) is 0 Å². The van der Waals surface area contributed by atoms with Crippen molar-refractivity contribution in [2.75, 3.05) is 18.1 Å². The van der Waals surface area contributed by atoms with Gasteiger partial charge in [-0.15, -0.1) is 0 Å². The standard InChI is InChI=1S/C17H24N2OSi/c1-21(2,3)14-6-4-12(5-7-14)16-10-13(18)11-17(19)15(16)8-9-20/h4-7,10-11,20H,8-9,18-19H2,1-3H3. The number of aliphatic hydroxyl groups is 1. The number of nitrogens with two attached hydrogens (primary N) is 2. The summed E-state index contributed by atoms with van der Waals surface area (Å²) in [6, 6.07) is 12.3. The topological polar surface area (TPSA) is 72.3 Å². The Hall–Kier alpha value is -1.78. The van der Waals surface area contributed by atoms with Crippen molar-refractivity contribution in [2.45, 2.75) is 26.1 Å². The molecule has 112 valence electrons. The first kappa shape index (κ1) is 15.6. The van der Waals surface area contributed by atoms with Crippen molar-refractivity contribution in [1.82, 2.24) is 0 Å². The van der Waals surface area contributed by atoms with Crippen molar-refractivity contribution in [3.05, 3.63) is 42.0 Å². The van der Waals surface area contributed by atoms with Crippen LogP contribution in [-0.4, -0.2) is 19.8 Å². The van der Waals surface area contributed by atoms with Gasteiger partial charge in [-0.1, -0.05) is 49.1 Å². The van der Waals surface area contributed by atoms with E-state index in [1.54, 1.807) is 6.07 Å². The first-order valence-corrected chi connectivity index (χ1v) is 10.7. The molecule has 0 bridgehead atoms. The molecule has 2 aromatic carbocycles. The van der Waals surface area contributed by atoms with Crippen LogP contribution in [0.5, 0.6) is 0 Å². The van der Waals surface area contributed by atoms with Crippen LogP contribution < -0.4 is 16.7 Å². The molecule has 0 spiro atoms. The Bertz CT molecular complexity index is 630. The van der Waals surface area contributed by atoms with Gasteiger partial charge in [0.15, 0.2) is 0 Å². The second kappa shape index (κ2) is 5.91. The summed E-state index contributed by atoms with van der Waals surface area (Å²) in [5, 5.41) is 10.7. The molecule has 0 aliphatic rings. The number of benzene rings is 2. The van der Waals surface area contributed by atoms with Crippen molar-refractivity contribution >= 4 is 24.6 Å². The number of nitrogen functional groups attached to an aromatic ring is 2. The van der Waals surface area contributed by atoms with Crippen LogP contribution in [0, 0.1) is 0 Å². The zero-order chi connectivity index (χ0) is 15.6. The van der Waals surface area contributed by atoms with Crippen LogP contribution in [0.4, 0.5) is 11.4 Å². The van der Waals surface area contributed by atoms with Gasteiger partial charge in [0.2, 0.25) is 0 Å². The number of hydrogen-bond acceptors (Lipinski definition) is 3. The highest BCUT2D eigenvalue weighted by Crippen LogP contribution is 2.30. The van der Waals surface area contributed by atoms with Gasteiger partial charge in [0, 0.05) is 18.0 Å². The molecule has 0 aliphatic heterocycles. The molecule has 0 heterocycles. The van der Waals surface area contributed by atoms with E-state index in [-0.39, 0.29) is 6.61 Å². The van der Waals surface area contributed by atoms with E-state index in [0.29, 0.717) is 17.8 Å². The summed E-state index contributed by atoms with van der Waals surface area (Å²) in [5.74, 6) is 0. The molecule has 0 radical (unpaired) electrons. The molecule has 2 aromatic rings. The van der Waals surface area contributed by atoms with Crippen LogP contribution in [0.25, 0.3) is 11.1 Å². The van der Waals surface area contributed by atoms with E-state index < -0.39 is 8.07 Å². The van der Waals surface area contributed by atoms with Gasteiger partial charge in [0.25, 0.3) is 0 Å². The predicted octanol–water partition coefficient (Wildman–Crippen LogP) is 2.60. The zero-order valence-corrected chi connectivity index (χ0v) is 14.0. The van der Waals surface area contributed by atoms with Gasteiger partial charge >= 0.3 is 0 Å². The van der Waals surface area contributed by atoms with E-state index in [1.807, 2.05) is 6.07 Å². The van der Waals surface area contributed by atoms with Crippen molar-refractivity contribution in [3.63, 3.8) is 0 Å².